The van der Waals surface area contributed by atoms with Crippen LogP contribution in [0.1, 0.15) is 49.8 Å². The van der Waals surface area contributed by atoms with Crippen LogP contribution in [0, 0.1) is 11.3 Å². The number of rotatable bonds is 15. The number of carbonyl (C=O) groups excluding carboxylic acids is 3. The number of nitrogens with one attached hydrogen (secondary N) is 1. The second-order valence-corrected chi connectivity index (χ2v) is 11.2. The summed E-state index contributed by atoms with van der Waals surface area (Å²) in [5, 5.41) is 14.8. The van der Waals surface area contributed by atoms with Crippen molar-refractivity contribution in [1.82, 2.24) is 10.2 Å². The van der Waals surface area contributed by atoms with Crippen LogP contribution in [0.4, 0.5) is 13.2 Å². The van der Waals surface area contributed by atoms with E-state index in [1.54, 1.807) is 4.90 Å². The maximum atomic E-state index is 13.7. The Morgan fingerprint density at radius 1 is 1.00 bits per heavy atom. The summed E-state index contributed by atoms with van der Waals surface area (Å²) in [7, 11) is 0. The molecule has 6 N–H and O–H groups in total. The Morgan fingerprint density at radius 2 is 1.64 bits per heavy atom. The van der Waals surface area contributed by atoms with Gasteiger partial charge in [-0.15, -0.1) is 0 Å². The van der Waals surface area contributed by atoms with Gasteiger partial charge in [-0.25, -0.2) is 0 Å². The Morgan fingerprint density at radius 3 is 2.20 bits per heavy atom. The lowest BCUT2D eigenvalue weighted by atomic mass is 9.63. The molecule has 0 saturated heterocycles. The number of aliphatic hydroxyl groups excluding tert-OH is 1. The summed E-state index contributed by atoms with van der Waals surface area (Å²) in [5.41, 5.74) is 10.1. The Labute approximate surface area is 256 Å². The van der Waals surface area contributed by atoms with Crippen LogP contribution in [0.5, 0.6) is 0 Å². The molecule has 2 aromatic carbocycles. The molecule has 8 nitrogen and oxygen atoms in total. The maximum Gasteiger partial charge on any atom is 0.416 e. The van der Waals surface area contributed by atoms with Crippen LogP contribution in [-0.2, 0) is 33.5 Å². The average Bonchev–Trinajstić information content (AvgIpc) is 2.99. The maximum absolute atomic E-state index is 13.7. The van der Waals surface area contributed by atoms with E-state index in [-0.39, 0.29) is 36.1 Å². The zero-order chi connectivity index (χ0) is 32.5. The van der Waals surface area contributed by atoms with Gasteiger partial charge in [0.25, 0.3) is 0 Å². The highest BCUT2D eigenvalue weighted by molar-refractivity contribution is 6.03. The predicted molar refractivity (Wildman–Crippen MR) is 162 cm³/mol. The van der Waals surface area contributed by atoms with Crippen molar-refractivity contribution in [2.75, 3.05) is 19.6 Å². The summed E-state index contributed by atoms with van der Waals surface area (Å²) >= 11 is 0. The highest BCUT2D eigenvalue weighted by Crippen LogP contribution is 2.45. The smallest absolute Gasteiger partial charge is 0.391 e. The van der Waals surface area contributed by atoms with Crippen molar-refractivity contribution in [3.8, 4) is 0 Å². The van der Waals surface area contributed by atoms with Gasteiger partial charge < -0.3 is 26.8 Å². The average molecular weight is 615 g/mol. The van der Waals surface area contributed by atoms with E-state index in [4.69, 9.17) is 11.5 Å². The molecule has 0 aliphatic heterocycles. The lowest BCUT2D eigenvalue weighted by Crippen LogP contribution is -2.52. The molecule has 0 bridgehead atoms. The number of alkyl halides is 3. The molecule has 0 heterocycles. The van der Waals surface area contributed by atoms with Gasteiger partial charge in [-0.1, -0.05) is 68.5 Å². The Kier molecular flexibility index (Phi) is 11.9. The van der Waals surface area contributed by atoms with Crippen molar-refractivity contribution in [3.63, 3.8) is 0 Å². The molecule has 0 radical (unpaired) electrons. The number of aliphatic hydroxyl groups is 1. The quantitative estimate of drug-likeness (QED) is 0.241. The largest absolute Gasteiger partial charge is 0.416 e. The summed E-state index contributed by atoms with van der Waals surface area (Å²) in [6.07, 6.45) is -2.47. The van der Waals surface area contributed by atoms with Gasteiger partial charge in [-0.3, -0.25) is 14.4 Å². The van der Waals surface area contributed by atoms with E-state index < -0.39 is 46.9 Å². The number of benzene rings is 2. The van der Waals surface area contributed by atoms with Crippen LogP contribution in [-0.4, -0.2) is 53.5 Å². The first-order valence-electron chi connectivity index (χ1n) is 14.7. The van der Waals surface area contributed by atoms with Gasteiger partial charge >= 0.3 is 6.18 Å². The first-order valence-corrected chi connectivity index (χ1v) is 14.7. The summed E-state index contributed by atoms with van der Waals surface area (Å²) in [6, 6.07) is 13.9. The summed E-state index contributed by atoms with van der Waals surface area (Å²) < 4.78 is 40.8. The molecule has 3 amide bonds. The van der Waals surface area contributed by atoms with Gasteiger partial charge in [0, 0.05) is 43.2 Å². The molecule has 3 rings (SSSR count). The number of nitrogens with zero attached hydrogens (tertiary/aromatic N) is 1. The van der Waals surface area contributed by atoms with Crippen molar-refractivity contribution < 1.29 is 32.7 Å². The third-order valence-corrected chi connectivity index (χ3v) is 7.88. The number of nitrogens with two attached hydrogens (primary N) is 2. The van der Waals surface area contributed by atoms with Gasteiger partial charge in [-0.05, 0) is 49.0 Å². The monoisotopic (exact) mass is 614 g/mol. The van der Waals surface area contributed by atoms with E-state index in [1.165, 1.54) is 24.3 Å². The van der Waals surface area contributed by atoms with Gasteiger partial charge in [0.15, 0.2) is 0 Å². The van der Waals surface area contributed by atoms with Crippen LogP contribution < -0.4 is 16.8 Å². The van der Waals surface area contributed by atoms with E-state index in [1.807, 2.05) is 44.2 Å². The first-order chi connectivity index (χ1) is 20.8. The highest BCUT2D eigenvalue weighted by atomic mass is 19.4. The molecule has 2 aromatic rings. The molecule has 0 fully saturated rings. The standard InChI is InChI=1S/C33H41F3N4O4/c1-3-13-40(14-4-2)30(43)25-17-24(29(37)42)18-32(19-25,31(38)44)27(16-23-11-8-12-26(15-23)33(34,35)36)28(41)21-39-20-22-9-6-5-7-10-22/h5-12,15,17-18,27-28,39,41H,3-4,13-14,16,19-21H2,1-2H3,(H2,37,42)(H2,38,44)/t27-,28+,32?/m1/s1. The summed E-state index contributed by atoms with van der Waals surface area (Å²) in [4.78, 5) is 41.3. The SMILES string of the molecule is CCCN(CCC)C(=O)C1=CC(C(N)=O)=CC(C(N)=O)([C@H](Cc2cccc(C(F)(F)F)c2)[C@@H](O)CNCc2ccccc2)C1. The second-order valence-electron chi connectivity index (χ2n) is 11.2. The number of carbonyl (C=O) groups is 3. The van der Waals surface area contributed by atoms with Crippen LogP contribution in [0.25, 0.3) is 0 Å². The zero-order valence-electron chi connectivity index (χ0n) is 25.1. The molecular weight excluding hydrogens is 573 g/mol. The Bertz CT molecular complexity index is 1370. The van der Waals surface area contributed by atoms with E-state index in [0.717, 1.165) is 17.7 Å². The molecule has 1 aliphatic rings. The lowest BCUT2D eigenvalue weighted by molar-refractivity contribution is -0.138. The van der Waals surface area contributed by atoms with E-state index in [2.05, 4.69) is 5.32 Å². The summed E-state index contributed by atoms with van der Waals surface area (Å²) in [5.74, 6) is -3.39. The fourth-order valence-corrected chi connectivity index (χ4v) is 5.73. The minimum Gasteiger partial charge on any atom is -0.391 e. The second kappa shape index (κ2) is 15.2. The van der Waals surface area contributed by atoms with Crippen molar-refractivity contribution in [3.05, 3.63) is 94.6 Å². The zero-order valence-corrected chi connectivity index (χ0v) is 25.1. The number of primary amides is 2. The normalized spacial score (nSPS) is 18.1. The molecule has 238 valence electrons. The molecule has 0 aromatic heterocycles. The van der Waals surface area contributed by atoms with Gasteiger partial charge in [0.05, 0.1) is 17.1 Å². The molecular formula is C33H41F3N4O4. The predicted octanol–water partition coefficient (Wildman–Crippen LogP) is 3.88. The molecule has 0 saturated carbocycles. The topological polar surface area (TPSA) is 139 Å². The highest BCUT2D eigenvalue weighted by Gasteiger charge is 2.49. The Hall–Kier alpha value is -3.96. The van der Waals surface area contributed by atoms with Crippen LogP contribution in [0.3, 0.4) is 0 Å². The van der Waals surface area contributed by atoms with Crippen molar-refractivity contribution in [1.29, 1.82) is 0 Å². The molecule has 1 unspecified atom stereocenters. The molecule has 3 atom stereocenters. The van der Waals surface area contributed by atoms with Crippen molar-refractivity contribution in [2.45, 2.75) is 58.4 Å². The minimum absolute atomic E-state index is 0.0575. The van der Waals surface area contributed by atoms with Gasteiger partial charge in [0.1, 0.15) is 0 Å². The molecule has 1 aliphatic carbocycles. The van der Waals surface area contributed by atoms with Crippen molar-refractivity contribution in [2.24, 2.45) is 22.8 Å². The summed E-state index contributed by atoms with van der Waals surface area (Å²) in [6.45, 7) is 5.01. The van der Waals surface area contributed by atoms with Gasteiger partial charge in [0.2, 0.25) is 17.7 Å². The third kappa shape index (κ3) is 8.57. The minimum atomic E-state index is -4.61. The number of amides is 3. The first kappa shape index (κ1) is 34.5. The molecule has 0 spiro atoms. The van der Waals surface area contributed by atoms with Crippen LogP contribution in [0.15, 0.2) is 77.9 Å². The fraction of sp³-hybridized carbons (Fsp3) is 0.424. The molecule has 44 heavy (non-hydrogen) atoms. The third-order valence-electron chi connectivity index (χ3n) is 7.88. The van der Waals surface area contributed by atoms with E-state index in [0.29, 0.717) is 32.5 Å². The van der Waals surface area contributed by atoms with Crippen LogP contribution in [0.2, 0.25) is 0 Å². The van der Waals surface area contributed by atoms with Gasteiger partial charge in [-0.2, -0.15) is 13.2 Å². The number of halogens is 3. The van der Waals surface area contributed by atoms with E-state index in [9.17, 15) is 32.7 Å². The Balaban J connectivity index is 2.09. The van der Waals surface area contributed by atoms with Crippen LogP contribution >= 0.6 is 0 Å². The lowest BCUT2D eigenvalue weighted by Gasteiger charge is -2.42. The number of hydrogen-bond donors (Lipinski definition) is 4. The van der Waals surface area contributed by atoms with E-state index >= 15 is 0 Å². The van der Waals surface area contributed by atoms with Crippen molar-refractivity contribution >= 4 is 17.7 Å². The fourth-order valence-electron chi connectivity index (χ4n) is 5.73. The number of hydrogen-bond acceptors (Lipinski definition) is 5. The molecule has 11 heteroatoms.